The Morgan fingerprint density at radius 1 is 1.08 bits per heavy atom. The highest BCUT2D eigenvalue weighted by molar-refractivity contribution is 9.10. The molecule has 2 aromatic carbocycles. The van der Waals surface area contributed by atoms with Crippen molar-refractivity contribution in [3.8, 4) is 0 Å². The number of hydrogen-bond donors (Lipinski definition) is 0. The number of rotatable bonds is 6. The molecule has 184 valence electrons. The molecular weight excluding hydrogens is 526 g/mol. The Labute approximate surface area is 216 Å². The summed E-state index contributed by atoms with van der Waals surface area (Å²) in [5.41, 5.74) is 1.33. The monoisotopic (exact) mass is 549 g/mol. The van der Waals surface area contributed by atoms with Crippen molar-refractivity contribution >= 4 is 45.0 Å². The lowest BCUT2D eigenvalue weighted by atomic mass is 9.63. The molecule has 2 saturated carbocycles. The van der Waals surface area contributed by atoms with Crippen LogP contribution in [0.4, 0.5) is 11.4 Å². The summed E-state index contributed by atoms with van der Waals surface area (Å²) >= 11 is 3.47. The number of aryl methyl sites for hydroxylation is 1. The van der Waals surface area contributed by atoms with E-state index in [0.717, 1.165) is 16.5 Å². The van der Waals surface area contributed by atoms with Gasteiger partial charge in [-0.3, -0.25) is 34.3 Å². The van der Waals surface area contributed by atoms with Crippen LogP contribution in [0.3, 0.4) is 0 Å². The van der Waals surface area contributed by atoms with Gasteiger partial charge in [0.05, 0.1) is 16.8 Å². The van der Waals surface area contributed by atoms with E-state index >= 15 is 0 Å². The Bertz CT molecular complexity index is 1320. The van der Waals surface area contributed by atoms with E-state index in [2.05, 4.69) is 28.1 Å². The van der Waals surface area contributed by atoms with Crippen molar-refractivity contribution in [2.24, 2.45) is 35.5 Å². The van der Waals surface area contributed by atoms with Crippen molar-refractivity contribution < 1.29 is 19.3 Å². The van der Waals surface area contributed by atoms with E-state index in [4.69, 9.17) is 0 Å². The Kier molecular flexibility index (Phi) is 5.37. The second-order valence-electron chi connectivity index (χ2n) is 10.1. The van der Waals surface area contributed by atoms with E-state index in [-0.39, 0.29) is 53.4 Å². The van der Waals surface area contributed by atoms with Gasteiger partial charge >= 0.3 is 0 Å². The molecule has 9 heteroatoms. The van der Waals surface area contributed by atoms with Gasteiger partial charge in [-0.05, 0) is 66.3 Å². The van der Waals surface area contributed by atoms with E-state index in [1.54, 1.807) is 12.1 Å². The summed E-state index contributed by atoms with van der Waals surface area (Å²) in [6.07, 6.45) is 5.92. The number of halogens is 1. The Hall–Kier alpha value is -3.33. The Morgan fingerprint density at radius 2 is 1.75 bits per heavy atom. The lowest BCUT2D eigenvalue weighted by Gasteiger charge is -2.37. The number of anilines is 1. The van der Waals surface area contributed by atoms with Crippen LogP contribution < -0.4 is 4.90 Å². The second-order valence-corrected chi connectivity index (χ2v) is 11.0. The van der Waals surface area contributed by atoms with Gasteiger partial charge in [0, 0.05) is 27.9 Å². The highest BCUT2D eigenvalue weighted by Gasteiger charge is 2.67. The first kappa shape index (κ1) is 23.1. The summed E-state index contributed by atoms with van der Waals surface area (Å²) in [5, 5.41) is 11.3. The molecule has 36 heavy (non-hydrogen) atoms. The number of imide groups is 1. The van der Waals surface area contributed by atoms with Crippen molar-refractivity contribution in [3.05, 3.63) is 80.3 Å². The van der Waals surface area contributed by atoms with Crippen molar-refractivity contribution in [2.45, 2.75) is 19.8 Å². The van der Waals surface area contributed by atoms with Gasteiger partial charge in [-0.2, -0.15) is 0 Å². The topological polar surface area (TPSA) is 101 Å². The van der Waals surface area contributed by atoms with Crippen molar-refractivity contribution in [3.63, 3.8) is 0 Å². The molecule has 7 rings (SSSR count). The molecule has 0 spiro atoms. The quantitative estimate of drug-likeness (QED) is 0.227. The van der Waals surface area contributed by atoms with Crippen molar-refractivity contribution in [1.29, 1.82) is 0 Å². The molecule has 0 N–H and O–H groups in total. The van der Waals surface area contributed by atoms with Gasteiger partial charge in [0.25, 0.3) is 11.6 Å². The molecule has 8 nitrogen and oxygen atoms in total. The fraction of sp³-hybridized carbons (Fsp3) is 0.370. The number of allylic oxidation sites excluding steroid dienone is 2. The molecule has 1 aliphatic heterocycles. The second kappa shape index (κ2) is 8.37. The fourth-order valence-electron chi connectivity index (χ4n) is 6.56. The van der Waals surface area contributed by atoms with Crippen LogP contribution in [-0.4, -0.2) is 34.2 Å². The van der Waals surface area contributed by atoms with Gasteiger partial charge in [-0.1, -0.05) is 41.1 Å². The molecule has 0 radical (unpaired) electrons. The largest absolute Gasteiger partial charge is 0.289 e. The summed E-state index contributed by atoms with van der Waals surface area (Å²) in [5.74, 6) is -0.517. The van der Waals surface area contributed by atoms with E-state index in [0.29, 0.717) is 23.9 Å². The molecule has 6 atom stereocenters. The zero-order valence-corrected chi connectivity index (χ0v) is 21.1. The minimum absolute atomic E-state index is 0.0891. The highest BCUT2D eigenvalue weighted by atomic mass is 79.9. The van der Waals surface area contributed by atoms with Gasteiger partial charge in [-0.15, -0.1) is 0 Å². The molecule has 6 unspecified atom stereocenters. The maximum Gasteiger partial charge on any atom is 0.270 e. The number of non-ortho nitro benzene ring substituents is 1. The van der Waals surface area contributed by atoms with E-state index < -0.39 is 10.8 Å². The number of nitrogens with zero attached hydrogens (tertiary/aromatic N) is 3. The molecule has 1 saturated heterocycles. The summed E-state index contributed by atoms with van der Waals surface area (Å²) in [6, 6.07) is 11.0. The SMILES string of the molecule is CCc1cc(Br)ccc1N(CN1C(=O)C2C3C=CC(C4CC34)C2C1=O)C(=O)c1cccc([N+](=O)[O-])c1. The predicted molar refractivity (Wildman–Crippen MR) is 135 cm³/mol. The third-order valence-corrected chi connectivity index (χ3v) is 8.79. The number of amides is 3. The lowest BCUT2D eigenvalue weighted by molar-refractivity contribution is -0.384. The van der Waals surface area contributed by atoms with Crippen LogP contribution in [0.25, 0.3) is 0 Å². The van der Waals surface area contributed by atoms with E-state index in [1.807, 2.05) is 13.0 Å². The Balaban J connectivity index is 1.38. The normalized spacial score (nSPS) is 29.2. The number of likely N-dealkylation sites (tertiary alicyclic amines) is 1. The zero-order valence-electron chi connectivity index (χ0n) is 19.5. The molecular formula is C27H24BrN3O5. The smallest absolute Gasteiger partial charge is 0.270 e. The van der Waals surface area contributed by atoms with Crippen LogP contribution in [0.2, 0.25) is 0 Å². The van der Waals surface area contributed by atoms with Crippen LogP contribution >= 0.6 is 15.9 Å². The summed E-state index contributed by atoms with van der Waals surface area (Å²) in [6.45, 7) is 1.73. The van der Waals surface area contributed by atoms with Crippen LogP contribution in [0, 0.1) is 45.6 Å². The minimum Gasteiger partial charge on any atom is -0.289 e. The molecule has 5 aliphatic rings. The van der Waals surface area contributed by atoms with Gasteiger partial charge < -0.3 is 0 Å². The lowest BCUT2D eigenvalue weighted by Crippen LogP contribution is -2.45. The number of benzene rings is 2. The highest BCUT2D eigenvalue weighted by Crippen LogP contribution is 2.65. The van der Waals surface area contributed by atoms with E-state index in [1.165, 1.54) is 34.1 Å². The molecule has 2 bridgehead atoms. The molecule has 0 aromatic heterocycles. The average Bonchev–Trinajstić information content (AvgIpc) is 3.67. The summed E-state index contributed by atoms with van der Waals surface area (Å²) in [4.78, 5) is 54.5. The number of carbonyl (C=O) groups excluding carboxylic acids is 3. The van der Waals surface area contributed by atoms with Crippen LogP contribution in [0.15, 0.2) is 59.1 Å². The van der Waals surface area contributed by atoms with Crippen molar-refractivity contribution in [1.82, 2.24) is 4.90 Å². The average molecular weight is 550 g/mol. The first-order chi connectivity index (χ1) is 17.3. The molecule has 3 amide bonds. The van der Waals surface area contributed by atoms with Gasteiger partial charge in [0.1, 0.15) is 6.67 Å². The minimum atomic E-state index is -0.551. The fourth-order valence-corrected chi connectivity index (χ4v) is 6.97. The predicted octanol–water partition coefficient (Wildman–Crippen LogP) is 4.58. The molecule has 4 aliphatic carbocycles. The summed E-state index contributed by atoms with van der Waals surface area (Å²) in [7, 11) is 0. The van der Waals surface area contributed by atoms with Crippen LogP contribution in [0.1, 0.15) is 29.3 Å². The van der Waals surface area contributed by atoms with Gasteiger partial charge in [-0.25, -0.2) is 0 Å². The third-order valence-electron chi connectivity index (χ3n) is 8.30. The van der Waals surface area contributed by atoms with E-state index in [9.17, 15) is 24.5 Å². The maximum absolute atomic E-state index is 13.8. The van der Waals surface area contributed by atoms with Crippen molar-refractivity contribution in [2.75, 3.05) is 11.6 Å². The molecule has 1 heterocycles. The first-order valence-electron chi connectivity index (χ1n) is 12.2. The first-order valence-corrected chi connectivity index (χ1v) is 13.0. The zero-order chi connectivity index (χ0) is 25.3. The maximum atomic E-state index is 13.8. The molecule has 3 fully saturated rings. The number of carbonyl (C=O) groups is 3. The third kappa shape index (κ3) is 3.43. The Morgan fingerprint density at radius 3 is 2.36 bits per heavy atom. The van der Waals surface area contributed by atoms with Crippen LogP contribution in [-0.2, 0) is 16.0 Å². The van der Waals surface area contributed by atoms with Crippen LogP contribution in [0.5, 0.6) is 0 Å². The van der Waals surface area contributed by atoms with Gasteiger partial charge in [0.15, 0.2) is 0 Å². The number of nitro groups is 1. The summed E-state index contributed by atoms with van der Waals surface area (Å²) < 4.78 is 0.840. The number of hydrogen-bond acceptors (Lipinski definition) is 5. The van der Waals surface area contributed by atoms with Gasteiger partial charge in [0.2, 0.25) is 11.8 Å². The number of nitro benzene ring substituents is 1. The standard InChI is InChI=1S/C27H24BrN3O5/c1-2-14-10-16(28)6-9-22(14)29(25(32)15-4-3-5-17(11-15)31(35)36)13-30-26(33)23-18-7-8-19(21-12-20(18)21)24(23)27(30)34/h3-11,18-21,23-24H,2,12-13H2,1H3. The molecule has 2 aromatic rings.